The van der Waals surface area contributed by atoms with Crippen molar-refractivity contribution in [3.8, 4) is 0 Å². The van der Waals surface area contributed by atoms with Crippen molar-refractivity contribution in [3.63, 3.8) is 0 Å². The summed E-state index contributed by atoms with van der Waals surface area (Å²) in [6.07, 6.45) is 15.7. The molecule has 0 radical (unpaired) electrons. The molecule has 2 amide bonds. The molecule has 2 aliphatic rings. The summed E-state index contributed by atoms with van der Waals surface area (Å²) >= 11 is 0. The molecule has 0 bridgehead atoms. The Bertz CT molecular complexity index is 1270. The molecule has 2 aromatic carbocycles. The standard InChI is InChI=1S/C39H56N6O/c1-31-13-17-33(18-14-31)21-23-35(38(3,4)29-44-25-9-7-10-26-44)40-42-37(46)43-41-36(24-22-34-19-15-32(2)16-20-34)39(5,6)30-45-27-11-8-12-28-45/h13-24H,7-12,25-30H2,1-6H3,(H2,42,43,46)/b23-21+,24-22+,40-35-,41-36+. The molecule has 0 saturated carbocycles. The Morgan fingerprint density at radius 3 is 1.33 bits per heavy atom. The molecule has 2 heterocycles. The van der Waals surface area contributed by atoms with Gasteiger partial charge in [0.1, 0.15) is 0 Å². The van der Waals surface area contributed by atoms with Crippen LogP contribution in [-0.4, -0.2) is 66.5 Å². The quantitative estimate of drug-likeness (QED) is 0.185. The van der Waals surface area contributed by atoms with Crippen LogP contribution in [0.1, 0.15) is 88.5 Å². The van der Waals surface area contributed by atoms with Gasteiger partial charge in [-0.25, -0.2) is 15.6 Å². The maximum atomic E-state index is 13.2. The lowest BCUT2D eigenvalue weighted by molar-refractivity contribution is 0.186. The Morgan fingerprint density at radius 1 is 0.630 bits per heavy atom. The predicted octanol–water partition coefficient (Wildman–Crippen LogP) is 8.07. The second kappa shape index (κ2) is 16.8. The Balaban J connectivity index is 1.53. The van der Waals surface area contributed by atoms with E-state index in [1.807, 2.05) is 12.2 Å². The summed E-state index contributed by atoms with van der Waals surface area (Å²) in [6.45, 7) is 19.2. The van der Waals surface area contributed by atoms with Gasteiger partial charge in [0.05, 0.1) is 11.4 Å². The Hall–Kier alpha value is -3.55. The van der Waals surface area contributed by atoms with Crippen LogP contribution in [0.3, 0.4) is 0 Å². The first-order valence-electron chi connectivity index (χ1n) is 17.2. The molecule has 0 spiro atoms. The second-order valence-electron chi connectivity index (χ2n) is 14.5. The zero-order valence-corrected chi connectivity index (χ0v) is 29.1. The van der Waals surface area contributed by atoms with Crippen molar-refractivity contribution in [2.24, 2.45) is 21.0 Å². The van der Waals surface area contributed by atoms with Crippen molar-refractivity contribution in [1.82, 2.24) is 20.7 Å². The molecule has 46 heavy (non-hydrogen) atoms. The smallest absolute Gasteiger partial charge is 0.302 e. The number of aryl methyl sites for hydroxylation is 2. The van der Waals surface area contributed by atoms with Crippen molar-refractivity contribution in [3.05, 3.63) is 82.9 Å². The number of likely N-dealkylation sites (tertiary alicyclic amines) is 2. The number of carbonyl (C=O) groups is 1. The SMILES string of the molecule is Cc1ccc(/C=C/C(=N/NC(=O)N/N=C(\C=C\c2ccc(C)cc2)C(C)(C)CN2CCCCC2)C(C)(C)CN2CCCCC2)cc1. The molecule has 2 saturated heterocycles. The van der Waals surface area contributed by atoms with E-state index in [4.69, 9.17) is 0 Å². The minimum Gasteiger partial charge on any atom is -0.302 e. The lowest BCUT2D eigenvalue weighted by Gasteiger charge is -2.35. The summed E-state index contributed by atoms with van der Waals surface area (Å²) < 4.78 is 0. The molecule has 4 rings (SSSR count). The van der Waals surface area contributed by atoms with Gasteiger partial charge in [0, 0.05) is 23.9 Å². The van der Waals surface area contributed by atoms with Gasteiger partial charge >= 0.3 is 6.03 Å². The van der Waals surface area contributed by atoms with Crippen molar-refractivity contribution < 1.29 is 4.79 Å². The van der Waals surface area contributed by atoms with Crippen LogP contribution < -0.4 is 10.9 Å². The van der Waals surface area contributed by atoms with Crippen LogP contribution in [0.15, 0.2) is 70.9 Å². The number of benzene rings is 2. The van der Waals surface area contributed by atoms with Crippen LogP contribution >= 0.6 is 0 Å². The maximum Gasteiger partial charge on any atom is 0.355 e. The monoisotopic (exact) mass is 624 g/mol. The van der Waals surface area contributed by atoms with Crippen molar-refractivity contribution in [2.45, 2.75) is 80.1 Å². The van der Waals surface area contributed by atoms with E-state index in [-0.39, 0.29) is 10.8 Å². The average molecular weight is 625 g/mol. The number of urea groups is 1. The molecule has 0 atom stereocenters. The van der Waals surface area contributed by atoms with Crippen LogP contribution in [0.5, 0.6) is 0 Å². The summed E-state index contributed by atoms with van der Waals surface area (Å²) in [5.41, 5.74) is 11.3. The lowest BCUT2D eigenvalue weighted by atomic mass is 9.85. The molecular weight excluding hydrogens is 568 g/mol. The van der Waals surface area contributed by atoms with Crippen molar-refractivity contribution in [2.75, 3.05) is 39.3 Å². The highest BCUT2D eigenvalue weighted by molar-refractivity contribution is 6.03. The Morgan fingerprint density at radius 2 is 0.978 bits per heavy atom. The third kappa shape index (κ3) is 11.4. The van der Waals surface area contributed by atoms with Crippen LogP contribution in [0, 0.1) is 24.7 Å². The van der Waals surface area contributed by atoms with E-state index in [1.165, 1.54) is 49.7 Å². The third-order valence-corrected chi connectivity index (χ3v) is 9.10. The number of amides is 2. The second-order valence-corrected chi connectivity index (χ2v) is 14.5. The molecule has 2 aliphatic heterocycles. The largest absolute Gasteiger partial charge is 0.355 e. The van der Waals surface area contributed by atoms with E-state index in [2.05, 4.69) is 133 Å². The van der Waals surface area contributed by atoms with Gasteiger partial charge in [-0.1, -0.05) is 112 Å². The van der Waals surface area contributed by atoms with Gasteiger partial charge in [-0.05, 0) is 89.0 Å². The molecular formula is C39H56N6O. The molecule has 2 fully saturated rings. The fraction of sp³-hybridized carbons (Fsp3) is 0.513. The molecule has 0 aliphatic carbocycles. The number of carbonyl (C=O) groups excluding carboxylic acids is 1. The number of hydrogen-bond donors (Lipinski definition) is 2. The topological polar surface area (TPSA) is 72.3 Å². The Labute approximate surface area is 277 Å². The minimum absolute atomic E-state index is 0.270. The van der Waals surface area contributed by atoms with Crippen LogP contribution in [0.2, 0.25) is 0 Å². The molecule has 7 heteroatoms. The fourth-order valence-electron chi connectivity index (χ4n) is 6.30. The van der Waals surface area contributed by atoms with Gasteiger partial charge in [-0.3, -0.25) is 0 Å². The molecule has 0 unspecified atom stereocenters. The number of piperidine rings is 2. The van der Waals surface area contributed by atoms with Gasteiger partial charge in [-0.2, -0.15) is 10.2 Å². The predicted molar refractivity (Wildman–Crippen MR) is 195 cm³/mol. The number of rotatable bonds is 12. The lowest BCUT2D eigenvalue weighted by Crippen LogP contribution is -2.43. The summed E-state index contributed by atoms with van der Waals surface area (Å²) in [6, 6.07) is 16.4. The van der Waals surface area contributed by atoms with Crippen LogP contribution in [0.25, 0.3) is 12.2 Å². The van der Waals surface area contributed by atoms with Gasteiger partial charge in [0.15, 0.2) is 0 Å². The van der Waals surface area contributed by atoms with Gasteiger partial charge in [0.2, 0.25) is 0 Å². The highest BCUT2D eigenvalue weighted by Gasteiger charge is 2.29. The van der Waals surface area contributed by atoms with E-state index >= 15 is 0 Å². The van der Waals surface area contributed by atoms with E-state index < -0.39 is 6.03 Å². The first-order valence-corrected chi connectivity index (χ1v) is 17.2. The summed E-state index contributed by atoms with van der Waals surface area (Å²) in [5, 5.41) is 9.35. The highest BCUT2D eigenvalue weighted by atomic mass is 16.2. The van der Waals surface area contributed by atoms with Crippen LogP contribution in [-0.2, 0) is 0 Å². The molecule has 248 valence electrons. The number of hydrazone groups is 2. The van der Waals surface area contributed by atoms with E-state index in [9.17, 15) is 4.79 Å². The molecule has 2 N–H and O–H groups in total. The number of hydrogen-bond acceptors (Lipinski definition) is 5. The minimum atomic E-state index is -0.454. The van der Waals surface area contributed by atoms with Gasteiger partial charge in [-0.15, -0.1) is 0 Å². The first-order chi connectivity index (χ1) is 22.0. The zero-order chi connectivity index (χ0) is 33.0. The number of allylic oxidation sites excluding steroid dienone is 2. The van der Waals surface area contributed by atoms with Gasteiger partial charge in [0.25, 0.3) is 0 Å². The first kappa shape index (κ1) is 35.3. The Kier molecular flexibility index (Phi) is 12.9. The molecule has 2 aromatic rings. The number of nitrogens with zero attached hydrogens (tertiary/aromatic N) is 4. The summed E-state index contributed by atoms with van der Waals surface area (Å²) in [5.74, 6) is 0. The maximum absolute atomic E-state index is 13.2. The average Bonchev–Trinajstić information content (AvgIpc) is 3.03. The summed E-state index contributed by atoms with van der Waals surface area (Å²) in [7, 11) is 0. The third-order valence-electron chi connectivity index (χ3n) is 9.10. The normalized spacial score (nSPS) is 18.0. The van der Waals surface area contributed by atoms with Crippen LogP contribution in [0.4, 0.5) is 4.79 Å². The molecule has 7 nitrogen and oxygen atoms in total. The summed E-state index contributed by atoms with van der Waals surface area (Å²) in [4.78, 5) is 18.2. The van der Waals surface area contributed by atoms with Crippen molar-refractivity contribution >= 4 is 29.6 Å². The van der Waals surface area contributed by atoms with E-state index in [1.54, 1.807) is 0 Å². The number of nitrogens with one attached hydrogen (secondary N) is 2. The zero-order valence-electron chi connectivity index (χ0n) is 29.1. The van der Waals surface area contributed by atoms with Gasteiger partial charge < -0.3 is 9.80 Å². The highest BCUT2D eigenvalue weighted by Crippen LogP contribution is 2.25. The van der Waals surface area contributed by atoms with E-state index in [0.717, 1.165) is 61.8 Å². The molecule has 0 aromatic heterocycles. The van der Waals surface area contributed by atoms with E-state index in [0.29, 0.717) is 0 Å². The van der Waals surface area contributed by atoms with Crippen molar-refractivity contribution in [1.29, 1.82) is 0 Å². The fourth-order valence-corrected chi connectivity index (χ4v) is 6.30.